The third-order valence-electron chi connectivity index (χ3n) is 3.61. The van der Waals surface area contributed by atoms with E-state index in [9.17, 15) is 5.11 Å². The van der Waals surface area contributed by atoms with Crippen molar-refractivity contribution in [3.8, 4) is 0 Å². The lowest BCUT2D eigenvalue weighted by Crippen LogP contribution is -2.15. The number of aliphatic hydroxyl groups excluding tert-OH is 1. The Morgan fingerprint density at radius 3 is 2.46 bits per heavy atom. The molecule has 0 heterocycles. The molecule has 1 saturated carbocycles. The van der Waals surface area contributed by atoms with E-state index >= 15 is 0 Å². The van der Waals surface area contributed by atoms with E-state index < -0.39 is 0 Å². The summed E-state index contributed by atoms with van der Waals surface area (Å²) in [6.45, 7) is 4.46. The fourth-order valence-electron chi connectivity index (χ4n) is 2.47. The molecule has 1 aliphatic rings. The number of rotatable bonds is 5. The molecule has 0 aromatic rings. The SMILES string of the molecule is CCCCCC[C@H]1CC[C@@H](O)[C@@H]1C. The Kier molecular flexibility index (Phi) is 4.79. The smallest absolute Gasteiger partial charge is 0.0568 e. The lowest BCUT2D eigenvalue weighted by Gasteiger charge is -2.16. The van der Waals surface area contributed by atoms with E-state index in [-0.39, 0.29) is 6.10 Å². The van der Waals surface area contributed by atoms with Gasteiger partial charge < -0.3 is 5.11 Å². The van der Waals surface area contributed by atoms with Crippen LogP contribution in [0.5, 0.6) is 0 Å². The van der Waals surface area contributed by atoms with Crippen LogP contribution in [0.1, 0.15) is 58.8 Å². The lowest BCUT2D eigenvalue weighted by atomic mass is 9.91. The molecule has 1 aliphatic carbocycles. The minimum absolute atomic E-state index is 0.00354. The Bertz CT molecular complexity index is 133. The van der Waals surface area contributed by atoms with Gasteiger partial charge in [-0.05, 0) is 24.7 Å². The van der Waals surface area contributed by atoms with Crippen molar-refractivity contribution in [1.82, 2.24) is 0 Å². The number of hydrogen-bond donors (Lipinski definition) is 1. The van der Waals surface area contributed by atoms with Crippen molar-refractivity contribution in [3.05, 3.63) is 0 Å². The molecular weight excluding hydrogens is 160 g/mol. The van der Waals surface area contributed by atoms with Crippen LogP contribution in [-0.4, -0.2) is 11.2 Å². The number of unbranched alkanes of at least 4 members (excludes halogenated alkanes) is 3. The summed E-state index contributed by atoms with van der Waals surface area (Å²) in [6.07, 6.45) is 9.10. The van der Waals surface area contributed by atoms with Crippen molar-refractivity contribution in [3.63, 3.8) is 0 Å². The van der Waals surface area contributed by atoms with Gasteiger partial charge in [-0.1, -0.05) is 46.0 Å². The van der Waals surface area contributed by atoms with Crippen LogP contribution < -0.4 is 0 Å². The van der Waals surface area contributed by atoms with Crippen molar-refractivity contribution < 1.29 is 5.11 Å². The van der Waals surface area contributed by atoms with Crippen molar-refractivity contribution in [2.75, 3.05) is 0 Å². The van der Waals surface area contributed by atoms with E-state index in [4.69, 9.17) is 0 Å². The van der Waals surface area contributed by atoms with Crippen LogP contribution in [0.25, 0.3) is 0 Å². The Morgan fingerprint density at radius 1 is 1.15 bits per heavy atom. The third-order valence-corrected chi connectivity index (χ3v) is 3.61. The molecule has 3 atom stereocenters. The first kappa shape index (κ1) is 11.0. The highest BCUT2D eigenvalue weighted by molar-refractivity contribution is 4.81. The molecule has 0 spiro atoms. The first-order valence-electron chi connectivity index (χ1n) is 5.93. The third kappa shape index (κ3) is 3.30. The highest BCUT2D eigenvalue weighted by Gasteiger charge is 2.30. The van der Waals surface area contributed by atoms with Gasteiger partial charge in [-0.3, -0.25) is 0 Å². The molecule has 0 aromatic heterocycles. The highest BCUT2D eigenvalue weighted by atomic mass is 16.3. The van der Waals surface area contributed by atoms with Crippen LogP contribution >= 0.6 is 0 Å². The van der Waals surface area contributed by atoms with E-state index in [2.05, 4.69) is 13.8 Å². The molecule has 0 bridgehead atoms. The Balaban J connectivity index is 2.08. The first-order chi connectivity index (χ1) is 6.25. The van der Waals surface area contributed by atoms with Gasteiger partial charge in [0, 0.05) is 0 Å². The molecule has 1 fully saturated rings. The molecule has 0 aliphatic heterocycles. The van der Waals surface area contributed by atoms with E-state index in [0.29, 0.717) is 5.92 Å². The summed E-state index contributed by atoms with van der Waals surface area (Å²) in [4.78, 5) is 0. The van der Waals surface area contributed by atoms with E-state index in [0.717, 1.165) is 12.3 Å². The molecule has 0 amide bonds. The standard InChI is InChI=1S/C12H24O/c1-3-4-5-6-7-11-8-9-12(13)10(11)2/h10-13H,3-9H2,1-2H3/t10-,11+,12-/m1/s1. The van der Waals surface area contributed by atoms with E-state index in [1.807, 2.05) is 0 Å². The molecule has 78 valence electrons. The second kappa shape index (κ2) is 5.64. The minimum Gasteiger partial charge on any atom is -0.393 e. The first-order valence-corrected chi connectivity index (χ1v) is 5.93. The molecule has 1 heteroatoms. The molecule has 1 rings (SSSR count). The Morgan fingerprint density at radius 2 is 1.92 bits per heavy atom. The topological polar surface area (TPSA) is 20.2 Å². The molecule has 13 heavy (non-hydrogen) atoms. The van der Waals surface area contributed by atoms with Gasteiger partial charge in [-0.15, -0.1) is 0 Å². The van der Waals surface area contributed by atoms with E-state index in [1.165, 1.54) is 38.5 Å². The van der Waals surface area contributed by atoms with Crippen LogP contribution in [0, 0.1) is 11.8 Å². The predicted octanol–water partition coefficient (Wildman–Crippen LogP) is 3.36. The second-order valence-electron chi connectivity index (χ2n) is 4.61. The maximum absolute atomic E-state index is 9.57. The van der Waals surface area contributed by atoms with Gasteiger partial charge in [-0.2, -0.15) is 0 Å². The Hall–Kier alpha value is -0.0400. The molecule has 0 radical (unpaired) electrons. The highest BCUT2D eigenvalue weighted by Crippen LogP contribution is 2.35. The zero-order chi connectivity index (χ0) is 9.68. The van der Waals surface area contributed by atoms with Gasteiger partial charge in [0.25, 0.3) is 0 Å². The Labute approximate surface area is 82.5 Å². The number of hydrogen-bond acceptors (Lipinski definition) is 1. The van der Waals surface area contributed by atoms with Crippen LogP contribution in [0.3, 0.4) is 0 Å². The van der Waals surface area contributed by atoms with Crippen LogP contribution in [-0.2, 0) is 0 Å². The summed E-state index contributed by atoms with van der Waals surface area (Å²) in [7, 11) is 0. The van der Waals surface area contributed by atoms with Crippen molar-refractivity contribution in [2.24, 2.45) is 11.8 Å². The van der Waals surface area contributed by atoms with Crippen molar-refractivity contribution in [1.29, 1.82) is 0 Å². The monoisotopic (exact) mass is 184 g/mol. The summed E-state index contributed by atoms with van der Waals surface area (Å²) in [5, 5.41) is 9.57. The quantitative estimate of drug-likeness (QED) is 0.650. The molecule has 0 unspecified atom stereocenters. The zero-order valence-corrected chi connectivity index (χ0v) is 9.13. The normalized spacial score (nSPS) is 33.9. The average Bonchev–Trinajstić information content (AvgIpc) is 2.43. The largest absolute Gasteiger partial charge is 0.393 e. The van der Waals surface area contributed by atoms with Gasteiger partial charge >= 0.3 is 0 Å². The van der Waals surface area contributed by atoms with Gasteiger partial charge in [0.2, 0.25) is 0 Å². The molecule has 0 aromatic carbocycles. The second-order valence-corrected chi connectivity index (χ2v) is 4.61. The molecule has 1 N–H and O–H groups in total. The summed E-state index contributed by atoms with van der Waals surface area (Å²) >= 11 is 0. The fraction of sp³-hybridized carbons (Fsp3) is 1.00. The average molecular weight is 184 g/mol. The summed E-state index contributed by atoms with van der Waals surface area (Å²) in [6, 6.07) is 0. The van der Waals surface area contributed by atoms with Gasteiger partial charge in [0.1, 0.15) is 0 Å². The van der Waals surface area contributed by atoms with Crippen molar-refractivity contribution in [2.45, 2.75) is 64.9 Å². The summed E-state index contributed by atoms with van der Waals surface area (Å²) < 4.78 is 0. The van der Waals surface area contributed by atoms with Gasteiger partial charge in [0.05, 0.1) is 6.10 Å². The fourth-order valence-corrected chi connectivity index (χ4v) is 2.47. The maximum Gasteiger partial charge on any atom is 0.0568 e. The van der Waals surface area contributed by atoms with Crippen LogP contribution in [0.2, 0.25) is 0 Å². The molecule has 0 saturated heterocycles. The van der Waals surface area contributed by atoms with Crippen LogP contribution in [0.4, 0.5) is 0 Å². The predicted molar refractivity (Wildman–Crippen MR) is 56.7 cm³/mol. The van der Waals surface area contributed by atoms with E-state index in [1.54, 1.807) is 0 Å². The minimum atomic E-state index is -0.00354. The van der Waals surface area contributed by atoms with Gasteiger partial charge in [0.15, 0.2) is 0 Å². The lowest BCUT2D eigenvalue weighted by molar-refractivity contribution is 0.125. The zero-order valence-electron chi connectivity index (χ0n) is 9.13. The van der Waals surface area contributed by atoms with Gasteiger partial charge in [-0.25, -0.2) is 0 Å². The maximum atomic E-state index is 9.57. The number of aliphatic hydroxyl groups is 1. The summed E-state index contributed by atoms with van der Waals surface area (Å²) in [5.74, 6) is 1.37. The van der Waals surface area contributed by atoms with Crippen LogP contribution in [0.15, 0.2) is 0 Å². The molecular formula is C12H24O. The summed E-state index contributed by atoms with van der Waals surface area (Å²) in [5.41, 5.74) is 0. The molecule has 1 nitrogen and oxygen atoms in total. The van der Waals surface area contributed by atoms with Crippen molar-refractivity contribution >= 4 is 0 Å².